The zero-order chi connectivity index (χ0) is 17.5. The normalized spacial score (nSPS) is 11.6. The molecule has 0 saturated carbocycles. The number of carbonyl (C=O) groups is 2. The van der Waals surface area contributed by atoms with E-state index in [-0.39, 0.29) is 23.6 Å². The monoisotopic (exact) mass is 326 g/mol. The number of hydrogen-bond acceptors (Lipinski definition) is 3. The first-order chi connectivity index (χ1) is 11.5. The van der Waals surface area contributed by atoms with Crippen LogP contribution in [-0.2, 0) is 6.54 Å². The van der Waals surface area contributed by atoms with E-state index in [1.54, 1.807) is 30.3 Å². The van der Waals surface area contributed by atoms with Gasteiger partial charge in [-0.1, -0.05) is 25.1 Å². The summed E-state index contributed by atoms with van der Waals surface area (Å²) in [5.74, 6) is -0.350. The van der Waals surface area contributed by atoms with Crippen LogP contribution in [0.3, 0.4) is 0 Å². The number of nitrogens with one attached hydrogen (secondary N) is 2. The minimum Gasteiger partial charge on any atom is -0.508 e. The lowest BCUT2D eigenvalue weighted by Gasteiger charge is -2.12. The number of benzene rings is 2. The van der Waals surface area contributed by atoms with E-state index in [1.807, 2.05) is 19.9 Å². The summed E-state index contributed by atoms with van der Waals surface area (Å²) in [6, 6.07) is 13.4. The second-order valence-corrected chi connectivity index (χ2v) is 5.72. The average molecular weight is 326 g/mol. The van der Waals surface area contributed by atoms with Gasteiger partial charge in [0.2, 0.25) is 0 Å². The molecule has 0 aliphatic carbocycles. The van der Waals surface area contributed by atoms with Crippen LogP contribution in [0.2, 0.25) is 0 Å². The number of aromatic hydroxyl groups is 1. The molecule has 0 saturated heterocycles. The Balaban J connectivity index is 1.99. The molecule has 5 heteroatoms. The summed E-state index contributed by atoms with van der Waals surface area (Å²) in [5.41, 5.74) is 1.79. The molecular formula is C19H22N2O3. The van der Waals surface area contributed by atoms with Gasteiger partial charge in [-0.2, -0.15) is 0 Å². The highest BCUT2D eigenvalue weighted by Crippen LogP contribution is 2.11. The Kier molecular flexibility index (Phi) is 5.95. The molecule has 0 unspecified atom stereocenters. The predicted molar refractivity (Wildman–Crippen MR) is 92.9 cm³/mol. The van der Waals surface area contributed by atoms with Crippen molar-refractivity contribution in [3.8, 4) is 5.75 Å². The lowest BCUT2D eigenvalue weighted by Crippen LogP contribution is -2.32. The van der Waals surface area contributed by atoms with Gasteiger partial charge in [-0.25, -0.2) is 0 Å². The van der Waals surface area contributed by atoms with Crippen molar-refractivity contribution < 1.29 is 14.7 Å². The van der Waals surface area contributed by atoms with Gasteiger partial charge in [0.25, 0.3) is 11.8 Å². The molecule has 0 fully saturated rings. The van der Waals surface area contributed by atoms with E-state index in [9.17, 15) is 14.7 Å². The van der Waals surface area contributed by atoms with Gasteiger partial charge in [0, 0.05) is 23.7 Å². The molecule has 1 atom stereocenters. The largest absolute Gasteiger partial charge is 0.508 e. The van der Waals surface area contributed by atoms with Crippen molar-refractivity contribution in [2.45, 2.75) is 32.9 Å². The van der Waals surface area contributed by atoms with Crippen molar-refractivity contribution in [1.82, 2.24) is 10.6 Å². The Morgan fingerprint density at radius 2 is 1.71 bits per heavy atom. The van der Waals surface area contributed by atoms with E-state index >= 15 is 0 Å². The number of carbonyl (C=O) groups excluding carboxylic acids is 2. The maximum absolute atomic E-state index is 12.1. The van der Waals surface area contributed by atoms with E-state index in [0.29, 0.717) is 17.7 Å². The number of hydrogen-bond donors (Lipinski definition) is 3. The van der Waals surface area contributed by atoms with E-state index < -0.39 is 0 Å². The molecule has 0 spiro atoms. The maximum Gasteiger partial charge on any atom is 0.251 e. The first-order valence-corrected chi connectivity index (χ1v) is 7.96. The molecule has 0 bridgehead atoms. The molecule has 0 heterocycles. The Morgan fingerprint density at radius 3 is 2.38 bits per heavy atom. The summed E-state index contributed by atoms with van der Waals surface area (Å²) in [6.45, 7) is 4.27. The van der Waals surface area contributed by atoms with Gasteiger partial charge < -0.3 is 15.7 Å². The van der Waals surface area contributed by atoms with E-state index in [4.69, 9.17) is 0 Å². The van der Waals surface area contributed by atoms with Crippen LogP contribution in [0.5, 0.6) is 5.75 Å². The molecule has 0 radical (unpaired) electrons. The van der Waals surface area contributed by atoms with Crippen LogP contribution >= 0.6 is 0 Å². The van der Waals surface area contributed by atoms with E-state index in [2.05, 4.69) is 10.6 Å². The standard InChI is InChI=1S/C19H22N2O3/c1-3-13(2)21-19(24)15-7-4-6-14(10-15)12-20-18(23)16-8-5-9-17(22)11-16/h4-11,13,22H,3,12H2,1-2H3,(H,20,23)(H,21,24)/t13-/m1/s1. The molecule has 3 N–H and O–H groups in total. The molecule has 126 valence electrons. The zero-order valence-corrected chi connectivity index (χ0v) is 13.9. The van der Waals surface area contributed by atoms with Gasteiger partial charge in [0.1, 0.15) is 5.75 Å². The number of phenolic OH excluding ortho intramolecular Hbond substituents is 1. The van der Waals surface area contributed by atoms with Gasteiger partial charge in [0.05, 0.1) is 0 Å². The van der Waals surface area contributed by atoms with Gasteiger partial charge in [-0.3, -0.25) is 9.59 Å². The number of phenols is 1. The highest BCUT2D eigenvalue weighted by atomic mass is 16.3. The molecule has 24 heavy (non-hydrogen) atoms. The lowest BCUT2D eigenvalue weighted by atomic mass is 10.1. The first kappa shape index (κ1) is 17.5. The summed E-state index contributed by atoms with van der Waals surface area (Å²) >= 11 is 0. The van der Waals surface area contributed by atoms with Crippen LogP contribution in [0.1, 0.15) is 46.5 Å². The third-order valence-corrected chi connectivity index (χ3v) is 3.74. The van der Waals surface area contributed by atoms with Crippen LogP contribution in [0.25, 0.3) is 0 Å². The fourth-order valence-electron chi connectivity index (χ4n) is 2.16. The summed E-state index contributed by atoms with van der Waals surface area (Å²) < 4.78 is 0. The number of amides is 2. The smallest absolute Gasteiger partial charge is 0.251 e. The Labute approximate surface area is 141 Å². The fraction of sp³-hybridized carbons (Fsp3) is 0.263. The van der Waals surface area contributed by atoms with Gasteiger partial charge in [-0.15, -0.1) is 0 Å². The minimum absolute atomic E-state index is 0.0476. The third-order valence-electron chi connectivity index (χ3n) is 3.74. The molecule has 2 aromatic carbocycles. The molecule has 0 aliphatic heterocycles. The fourth-order valence-corrected chi connectivity index (χ4v) is 2.16. The van der Waals surface area contributed by atoms with Crippen molar-refractivity contribution in [3.63, 3.8) is 0 Å². The van der Waals surface area contributed by atoms with Gasteiger partial charge in [-0.05, 0) is 49.2 Å². The van der Waals surface area contributed by atoms with Crippen LogP contribution in [0.4, 0.5) is 0 Å². The molecule has 0 aliphatic rings. The SMILES string of the molecule is CC[C@@H](C)NC(=O)c1cccc(CNC(=O)c2cccc(O)c2)c1. The Morgan fingerprint density at radius 1 is 1.04 bits per heavy atom. The highest BCUT2D eigenvalue weighted by Gasteiger charge is 2.10. The third kappa shape index (κ3) is 4.84. The second kappa shape index (κ2) is 8.15. The highest BCUT2D eigenvalue weighted by molar-refractivity contribution is 5.95. The molecule has 2 aromatic rings. The van der Waals surface area contributed by atoms with E-state index in [0.717, 1.165) is 12.0 Å². The summed E-state index contributed by atoms with van der Waals surface area (Å²) in [4.78, 5) is 24.2. The van der Waals surface area contributed by atoms with Crippen molar-refractivity contribution in [1.29, 1.82) is 0 Å². The molecule has 5 nitrogen and oxygen atoms in total. The van der Waals surface area contributed by atoms with Crippen molar-refractivity contribution >= 4 is 11.8 Å². The van der Waals surface area contributed by atoms with E-state index in [1.165, 1.54) is 12.1 Å². The average Bonchev–Trinajstić information content (AvgIpc) is 2.59. The summed E-state index contributed by atoms with van der Waals surface area (Å²) in [6.07, 6.45) is 0.866. The maximum atomic E-state index is 12.1. The summed E-state index contributed by atoms with van der Waals surface area (Å²) in [5, 5.41) is 15.1. The van der Waals surface area contributed by atoms with Gasteiger partial charge in [0.15, 0.2) is 0 Å². The van der Waals surface area contributed by atoms with Crippen LogP contribution in [-0.4, -0.2) is 23.0 Å². The Hall–Kier alpha value is -2.82. The molecule has 2 rings (SSSR count). The minimum atomic E-state index is -0.277. The topological polar surface area (TPSA) is 78.4 Å². The lowest BCUT2D eigenvalue weighted by molar-refractivity contribution is 0.0936. The van der Waals surface area contributed by atoms with Crippen molar-refractivity contribution in [2.24, 2.45) is 0 Å². The van der Waals surface area contributed by atoms with Crippen molar-refractivity contribution in [3.05, 3.63) is 65.2 Å². The summed E-state index contributed by atoms with van der Waals surface area (Å²) in [7, 11) is 0. The number of rotatable bonds is 6. The van der Waals surface area contributed by atoms with Crippen LogP contribution in [0.15, 0.2) is 48.5 Å². The predicted octanol–water partition coefficient (Wildman–Crippen LogP) is 2.85. The first-order valence-electron chi connectivity index (χ1n) is 7.96. The van der Waals surface area contributed by atoms with Crippen molar-refractivity contribution in [2.75, 3.05) is 0 Å². The second-order valence-electron chi connectivity index (χ2n) is 5.72. The van der Waals surface area contributed by atoms with Gasteiger partial charge >= 0.3 is 0 Å². The molecule has 0 aromatic heterocycles. The molecular weight excluding hydrogens is 304 g/mol. The Bertz CT molecular complexity index is 728. The van der Waals surface area contributed by atoms with Crippen LogP contribution in [0, 0.1) is 0 Å². The van der Waals surface area contributed by atoms with Crippen LogP contribution < -0.4 is 10.6 Å². The zero-order valence-electron chi connectivity index (χ0n) is 13.9. The molecule has 2 amide bonds. The quantitative estimate of drug-likeness (QED) is 0.764.